The van der Waals surface area contributed by atoms with Crippen LogP contribution in [0.3, 0.4) is 0 Å². The van der Waals surface area contributed by atoms with Crippen molar-refractivity contribution in [1.29, 1.82) is 0 Å². The minimum absolute atomic E-state index is 0.142. The summed E-state index contributed by atoms with van der Waals surface area (Å²) in [6.45, 7) is 9.53. The van der Waals surface area contributed by atoms with Crippen LogP contribution in [0.4, 0.5) is 5.82 Å². The van der Waals surface area contributed by atoms with E-state index in [1.54, 1.807) is 0 Å². The highest BCUT2D eigenvalue weighted by Gasteiger charge is 2.45. The molecule has 0 amide bonds. The molecule has 0 aliphatic carbocycles. The molecule has 6 N–H and O–H groups in total. The molecule has 1 aliphatic heterocycles. The van der Waals surface area contributed by atoms with E-state index < -0.39 is 39.0 Å². The summed E-state index contributed by atoms with van der Waals surface area (Å²) in [4.78, 5) is 31.6. The lowest BCUT2D eigenvalue weighted by Gasteiger charge is -2.16. The number of hydrogen-bond donors (Lipinski definition) is 5. The number of nitrogens with two attached hydrogens (primary N) is 1. The van der Waals surface area contributed by atoms with Gasteiger partial charge in [0.25, 0.3) is 0 Å². The smallest absolute Gasteiger partial charge is 0.387 e. The summed E-state index contributed by atoms with van der Waals surface area (Å²) >= 11 is 0. The Morgan fingerprint density at radius 2 is 1.80 bits per heavy atom. The Kier molecular flexibility index (Phi) is 8.64. The molecule has 0 radical (unpaired) electrons. The van der Waals surface area contributed by atoms with E-state index in [1.807, 2.05) is 0 Å². The monoisotopic (exact) mass is 448 g/mol. The van der Waals surface area contributed by atoms with E-state index in [9.17, 15) is 14.8 Å². The maximum atomic E-state index is 10.7. The van der Waals surface area contributed by atoms with Gasteiger partial charge in [-0.1, -0.05) is 20.8 Å². The molecule has 0 unspecified atom stereocenters. The molecule has 3 heterocycles. The minimum atomic E-state index is -4.72. The SMILES string of the molecule is CCN(CC)CC.Nc1ncnc2c1ncn2[C@@H]1O[C@H](COP(=O)(O)O)[C@@H](O)[C@@H]1O. The van der Waals surface area contributed by atoms with E-state index >= 15 is 0 Å². The zero-order valence-corrected chi connectivity index (χ0v) is 18.0. The van der Waals surface area contributed by atoms with Crippen LogP contribution in [-0.2, 0) is 13.8 Å². The van der Waals surface area contributed by atoms with Crippen molar-refractivity contribution in [1.82, 2.24) is 24.4 Å². The molecular formula is C16H29N6O7P. The predicted molar refractivity (Wildman–Crippen MR) is 107 cm³/mol. The van der Waals surface area contributed by atoms with Gasteiger partial charge in [0.1, 0.15) is 30.2 Å². The number of ether oxygens (including phenoxy) is 1. The molecule has 1 aliphatic rings. The highest BCUT2D eigenvalue weighted by molar-refractivity contribution is 7.46. The van der Waals surface area contributed by atoms with Crippen molar-refractivity contribution in [2.75, 3.05) is 32.0 Å². The summed E-state index contributed by atoms with van der Waals surface area (Å²) in [5.74, 6) is 0.142. The molecule has 0 aromatic carbocycles. The predicted octanol–water partition coefficient (Wildman–Crippen LogP) is -0.515. The average Bonchev–Trinajstić information content (AvgIpc) is 3.24. The molecule has 1 fully saturated rings. The average molecular weight is 448 g/mol. The minimum Gasteiger partial charge on any atom is -0.387 e. The number of phosphoric ester groups is 1. The summed E-state index contributed by atoms with van der Waals surface area (Å²) in [6.07, 6.45) is -2.49. The molecule has 170 valence electrons. The number of fused-ring (bicyclic) bond motifs is 1. The topological polar surface area (TPSA) is 189 Å². The Morgan fingerprint density at radius 1 is 1.17 bits per heavy atom. The van der Waals surface area contributed by atoms with Gasteiger partial charge in [-0.2, -0.15) is 0 Å². The normalized spacial score (nSPS) is 24.3. The van der Waals surface area contributed by atoms with E-state index in [2.05, 4.69) is 45.1 Å². The van der Waals surface area contributed by atoms with Gasteiger partial charge in [0.15, 0.2) is 17.7 Å². The molecule has 0 saturated carbocycles. The number of nitrogen functional groups attached to an aromatic ring is 1. The number of aromatic nitrogens is 4. The zero-order valence-electron chi connectivity index (χ0n) is 17.1. The molecule has 2 aromatic heterocycles. The molecule has 4 atom stereocenters. The second kappa shape index (κ2) is 10.6. The van der Waals surface area contributed by atoms with Gasteiger partial charge in [0, 0.05) is 0 Å². The Bertz CT molecular complexity index is 852. The lowest BCUT2D eigenvalue weighted by molar-refractivity contribution is -0.0504. The van der Waals surface area contributed by atoms with Crippen molar-refractivity contribution >= 4 is 24.8 Å². The largest absolute Gasteiger partial charge is 0.469 e. The molecular weight excluding hydrogens is 419 g/mol. The second-order valence-corrected chi connectivity index (χ2v) is 7.77. The lowest BCUT2D eigenvalue weighted by atomic mass is 10.1. The van der Waals surface area contributed by atoms with Crippen molar-refractivity contribution in [2.45, 2.75) is 45.3 Å². The zero-order chi connectivity index (χ0) is 22.5. The fourth-order valence-electron chi connectivity index (χ4n) is 2.99. The van der Waals surface area contributed by atoms with Crippen molar-refractivity contribution in [3.8, 4) is 0 Å². The van der Waals surface area contributed by atoms with Crippen molar-refractivity contribution in [3.63, 3.8) is 0 Å². The maximum absolute atomic E-state index is 10.7. The Labute approximate surface area is 173 Å². The van der Waals surface area contributed by atoms with Gasteiger partial charge in [0.05, 0.1) is 12.9 Å². The highest BCUT2D eigenvalue weighted by atomic mass is 31.2. The van der Waals surface area contributed by atoms with Crippen LogP contribution in [0, 0.1) is 0 Å². The molecule has 0 bridgehead atoms. The van der Waals surface area contributed by atoms with Crippen LogP contribution < -0.4 is 5.73 Å². The van der Waals surface area contributed by atoms with Crippen LogP contribution in [0.5, 0.6) is 0 Å². The second-order valence-electron chi connectivity index (χ2n) is 6.54. The number of anilines is 1. The first-order chi connectivity index (χ1) is 14.1. The number of aliphatic hydroxyl groups is 2. The first-order valence-corrected chi connectivity index (χ1v) is 11.0. The number of phosphoric acid groups is 1. The van der Waals surface area contributed by atoms with Gasteiger partial charge in [0.2, 0.25) is 0 Å². The number of aliphatic hydroxyl groups excluding tert-OH is 2. The van der Waals surface area contributed by atoms with Crippen LogP contribution in [-0.4, -0.2) is 89.0 Å². The highest BCUT2D eigenvalue weighted by Crippen LogP contribution is 2.38. The van der Waals surface area contributed by atoms with E-state index in [1.165, 1.54) is 36.9 Å². The first kappa shape index (κ1) is 24.6. The summed E-state index contributed by atoms with van der Waals surface area (Å²) in [7, 11) is -4.72. The van der Waals surface area contributed by atoms with Crippen LogP contribution in [0.2, 0.25) is 0 Å². The van der Waals surface area contributed by atoms with Gasteiger partial charge in [-0.05, 0) is 19.6 Å². The van der Waals surface area contributed by atoms with Crippen LogP contribution >= 0.6 is 7.82 Å². The van der Waals surface area contributed by atoms with Crippen LogP contribution in [0.1, 0.15) is 27.0 Å². The van der Waals surface area contributed by atoms with E-state index in [0.717, 1.165) is 0 Å². The summed E-state index contributed by atoms with van der Waals surface area (Å²) in [5.41, 5.74) is 6.25. The number of rotatable bonds is 7. The summed E-state index contributed by atoms with van der Waals surface area (Å²) < 4.78 is 21.8. The summed E-state index contributed by atoms with van der Waals surface area (Å²) in [6, 6.07) is 0. The maximum Gasteiger partial charge on any atom is 0.469 e. The van der Waals surface area contributed by atoms with Gasteiger partial charge in [-0.3, -0.25) is 9.09 Å². The fraction of sp³-hybridized carbons (Fsp3) is 0.688. The Hall–Kier alpha value is -1.70. The molecule has 1 saturated heterocycles. The quantitative estimate of drug-likeness (QED) is 0.341. The van der Waals surface area contributed by atoms with Crippen LogP contribution in [0.15, 0.2) is 12.7 Å². The summed E-state index contributed by atoms with van der Waals surface area (Å²) in [5, 5.41) is 20.1. The number of nitrogens with zero attached hydrogens (tertiary/aromatic N) is 5. The van der Waals surface area contributed by atoms with Gasteiger partial charge in [-0.15, -0.1) is 0 Å². The van der Waals surface area contributed by atoms with E-state index in [-0.39, 0.29) is 11.5 Å². The van der Waals surface area contributed by atoms with Gasteiger partial charge in [-0.25, -0.2) is 19.5 Å². The molecule has 0 spiro atoms. The molecule has 13 nitrogen and oxygen atoms in total. The van der Waals surface area contributed by atoms with Crippen molar-refractivity contribution in [2.24, 2.45) is 0 Å². The van der Waals surface area contributed by atoms with E-state index in [0.29, 0.717) is 5.52 Å². The van der Waals surface area contributed by atoms with Crippen molar-refractivity contribution in [3.05, 3.63) is 12.7 Å². The Morgan fingerprint density at radius 3 is 2.33 bits per heavy atom. The van der Waals surface area contributed by atoms with Crippen LogP contribution in [0.25, 0.3) is 11.2 Å². The lowest BCUT2D eigenvalue weighted by Crippen LogP contribution is -2.33. The molecule has 3 rings (SSSR count). The van der Waals surface area contributed by atoms with Gasteiger partial charge < -0.3 is 35.4 Å². The number of hydrogen-bond acceptors (Lipinski definition) is 10. The molecule has 14 heteroatoms. The molecule has 30 heavy (non-hydrogen) atoms. The van der Waals surface area contributed by atoms with Gasteiger partial charge >= 0.3 is 7.82 Å². The third kappa shape index (κ3) is 5.93. The van der Waals surface area contributed by atoms with E-state index in [4.69, 9.17) is 20.3 Å². The third-order valence-corrected chi connectivity index (χ3v) is 5.23. The Balaban J connectivity index is 0.000000396. The first-order valence-electron chi connectivity index (χ1n) is 9.49. The third-order valence-electron chi connectivity index (χ3n) is 4.75. The fourth-order valence-corrected chi connectivity index (χ4v) is 3.34. The molecule has 2 aromatic rings. The number of imidazole rings is 1. The standard InChI is InChI=1S/C10H14N5O7P.C6H15N/c11-8-5-9(13-2-12-8)15(3-14-5)10-7(17)6(16)4(22-10)1-21-23(18,19)20;1-4-7(5-2)6-3/h2-4,6-7,10,16-17H,1H2,(H2,11,12,13)(H2,18,19,20);4-6H2,1-3H3/t4-,6-,7+,10-;/m1./s1. The van der Waals surface area contributed by atoms with Crippen molar-refractivity contribution < 1.29 is 33.8 Å².